The molecule has 0 aliphatic carbocycles. The number of aryl methyl sites for hydroxylation is 1. The highest BCUT2D eigenvalue weighted by Crippen LogP contribution is 2.18. The van der Waals surface area contributed by atoms with Crippen LogP contribution in [0.4, 0.5) is 4.39 Å². The molecule has 0 saturated heterocycles. The van der Waals surface area contributed by atoms with Crippen LogP contribution in [0.2, 0.25) is 0 Å². The minimum absolute atomic E-state index is 0.256. The van der Waals surface area contributed by atoms with Gasteiger partial charge in [-0.25, -0.2) is 9.37 Å². The Morgan fingerprint density at radius 1 is 1.47 bits per heavy atom. The molecule has 17 heavy (non-hydrogen) atoms. The fourth-order valence-electron chi connectivity index (χ4n) is 1.85. The molecule has 0 fully saturated rings. The van der Waals surface area contributed by atoms with Crippen molar-refractivity contribution in [2.45, 2.75) is 13.0 Å². The number of halogens is 2. The van der Waals surface area contributed by atoms with Crippen molar-refractivity contribution in [2.75, 3.05) is 19.6 Å². The van der Waals surface area contributed by atoms with E-state index in [4.69, 9.17) is 16.3 Å². The number of alkyl halides is 1. The van der Waals surface area contributed by atoms with Gasteiger partial charge in [0.25, 0.3) is 0 Å². The number of hydrogen-bond donors (Lipinski definition) is 0. The monoisotopic (exact) mass is 256 g/mol. The lowest BCUT2D eigenvalue weighted by Crippen LogP contribution is -2.08. The van der Waals surface area contributed by atoms with E-state index >= 15 is 0 Å². The first-order chi connectivity index (χ1) is 8.26. The summed E-state index contributed by atoms with van der Waals surface area (Å²) in [5.41, 5.74) is 1.59. The van der Waals surface area contributed by atoms with Crippen LogP contribution in [0.3, 0.4) is 0 Å². The Bertz CT molecular complexity index is 512. The van der Waals surface area contributed by atoms with Gasteiger partial charge in [0.15, 0.2) is 0 Å². The predicted octanol–water partition coefficient (Wildman–Crippen LogP) is 2.60. The van der Waals surface area contributed by atoms with Crippen molar-refractivity contribution >= 4 is 22.6 Å². The number of methoxy groups -OCH3 is 1. The first kappa shape index (κ1) is 12.3. The molecule has 0 atom stereocenters. The molecule has 0 bridgehead atoms. The van der Waals surface area contributed by atoms with Crippen molar-refractivity contribution < 1.29 is 9.13 Å². The maximum Gasteiger partial charge on any atom is 0.125 e. The third-order valence-electron chi connectivity index (χ3n) is 2.63. The Balaban J connectivity index is 2.47. The number of ether oxygens (including phenoxy) is 1. The molecule has 0 N–H and O–H groups in total. The fourth-order valence-corrected chi connectivity index (χ4v) is 2.02. The van der Waals surface area contributed by atoms with E-state index in [0.29, 0.717) is 25.5 Å². The Morgan fingerprint density at radius 3 is 3.00 bits per heavy atom. The quantitative estimate of drug-likeness (QED) is 0.769. The second-order valence-electron chi connectivity index (χ2n) is 3.74. The van der Waals surface area contributed by atoms with Gasteiger partial charge in [-0.05, 0) is 18.2 Å². The van der Waals surface area contributed by atoms with Gasteiger partial charge < -0.3 is 9.30 Å². The molecule has 0 saturated carbocycles. The molecule has 0 aliphatic heterocycles. The molecule has 0 unspecified atom stereocenters. The lowest BCUT2D eigenvalue weighted by molar-refractivity contribution is 0.187. The van der Waals surface area contributed by atoms with Gasteiger partial charge in [-0.1, -0.05) is 0 Å². The minimum Gasteiger partial charge on any atom is -0.383 e. The number of aromatic nitrogens is 2. The van der Waals surface area contributed by atoms with E-state index in [2.05, 4.69) is 4.98 Å². The van der Waals surface area contributed by atoms with Gasteiger partial charge in [-0.15, -0.1) is 11.6 Å². The van der Waals surface area contributed by atoms with Crippen LogP contribution in [-0.2, 0) is 17.7 Å². The van der Waals surface area contributed by atoms with Gasteiger partial charge in [-0.3, -0.25) is 0 Å². The van der Waals surface area contributed by atoms with E-state index in [1.54, 1.807) is 13.2 Å². The van der Waals surface area contributed by atoms with E-state index in [0.717, 1.165) is 16.9 Å². The van der Waals surface area contributed by atoms with Crippen LogP contribution in [0.1, 0.15) is 5.82 Å². The zero-order chi connectivity index (χ0) is 12.3. The first-order valence-electron chi connectivity index (χ1n) is 5.46. The summed E-state index contributed by atoms with van der Waals surface area (Å²) >= 11 is 5.74. The Hall–Kier alpha value is -1.13. The fraction of sp³-hybridized carbons (Fsp3) is 0.417. The van der Waals surface area contributed by atoms with E-state index in [1.807, 2.05) is 4.57 Å². The van der Waals surface area contributed by atoms with Gasteiger partial charge >= 0.3 is 0 Å². The van der Waals surface area contributed by atoms with Crippen molar-refractivity contribution in [1.29, 1.82) is 0 Å². The van der Waals surface area contributed by atoms with Gasteiger partial charge in [0.05, 0.1) is 17.6 Å². The van der Waals surface area contributed by atoms with Crippen LogP contribution >= 0.6 is 11.6 Å². The highest BCUT2D eigenvalue weighted by Gasteiger charge is 2.10. The molecule has 0 amide bonds. The van der Waals surface area contributed by atoms with Gasteiger partial charge in [0, 0.05) is 26.0 Å². The molecule has 3 nitrogen and oxygen atoms in total. The van der Waals surface area contributed by atoms with Crippen molar-refractivity contribution in [1.82, 2.24) is 9.55 Å². The third-order valence-corrected chi connectivity index (χ3v) is 2.82. The van der Waals surface area contributed by atoms with Crippen LogP contribution in [0.5, 0.6) is 0 Å². The van der Waals surface area contributed by atoms with E-state index in [-0.39, 0.29) is 5.82 Å². The molecular weight excluding hydrogens is 243 g/mol. The maximum absolute atomic E-state index is 13.2. The lowest BCUT2D eigenvalue weighted by atomic mass is 10.3. The maximum atomic E-state index is 13.2. The topological polar surface area (TPSA) is 27.1 Å². The summed E-state index contributed by atoms with van der Waals surface area (Å²) < 4.78 is 20.3. The summed E-state index contributed by atoms with van der Waals surface area (Å²) in [6.45, 7) is 1.22. The molecule has 0 radical (unpaired) electrons. The Kier molecular flexibility index (Phi) is 3.97. The molecule has 1 heterocycles. The lowest BCUT2D eigenvalue weighted by Gasteiger charge is -2.07. The average Bonchev–Trinajstić information content (AvgIpc) is 2.64. The molecule has 1 aromatic carbocycles. The largest absolute Gasteiger partial charge is 0.383 e. The SMILES string of the molecule is COCCn1c(CCCl)nc2ccc(F)cc21. The second-order valence-corrected chi connectivity index (χ2v) is 4.12. The molecule has 1 aromatic heterocycles. The van der Waals surface area contributed by atoms with Gasteiger partial charge in [0.2, 0.25) is 0 Å². The zero-order valence-electron chi connectivity index (χ0n) is 9.62. The molecular formula is C12H14ClFN2O. The van der Waals surface area contributed by atoms with E-state index in [9.17, 15) is 4.39 Å². The first-order valence-corrected chi connectivity index (χ1v) is 5.99. The summed E-state index contributed by atoms with van der Waals surface area (Å²) in [6.07, 6.45) is 0.668. The molecule has 2 aromatic rings. The van der Waals surface area contributed by atoms with Crippen LogP contribution in [0.15, 0.2) is 18.2 Å². The number of benzene rings is 1. The van der Waals surface area contributed by atoms with E-state index in [1.165, 1.54) is 12.1 Å². The van der Waals surface area contributed by atoms with Gasteiger partial charge in [0.1, 0.15) is 11.6 Å². The highest BCUT2D eigenvalue weighted by atomic mass is 35.5. The zero-order valence-corrected chi connectivity index (χ0v) is 10.4. The standard InChI is InChI=1S/C12H14ClFN2O/c1-17-7-6-16-11-8-9(14)2-3-10(11)15-12(16)4-5-13/h2-3,8H,4-7H2,1H3. The van der Waals surface area contributed by atoms with Crippen LogP contribution < -0.4 is 0 Å². The molecule has 0 spiro atoms. The highest BCUT2D eigenvalue weighted by molar-refractivity contribution is 6.17. The number of imidazole rings is 1. The van der Waals surface area contributed by atoms with Crippen molar-refractivity contribution in [3.63, 3.8) is 0 Å². The summed E-state index contributed by atoms with van der Waals surface area (Å²) in [7, 11) is 1.64. The van der Waals surface area contributed by atoms with Crippen molar-refractivity contribution in [3.8, 4) is 0 Å². The van der Waals surface area contributed by atoms with Gasteiger partial charge in [-0.2, -0.15) is 0 Å². The molecule has 5 heteroatoms. The van der Waals surface area contributed by atoms with Crippen LogP contribution in [-0.4, -0.2) is 29.1 Å². The second kappa shape index (κ2) is 5.47. The summed E-state index contributed by atoms with van der Waals surface area (Å²) in [4.78, 5) is 4.45. The number of fused-ring (bicyclic) bond motifs is 1. The smallest absolute Gasteiger partial charge is 0.125 e. The number of rotatable bonds is 5. The summed E-state index contributed by atoms with van der Waals surface area (Å²) in [5, 5.41) is 0. The van der Waals surface area contributed by atoms with Crippen LogP contribution in [0.25, 0.3) is 11.0 Å². The minimum atomic E-state index is -0.256. The number of nitrogens with zero attached hydrogens (tertiary/aromatic N) is 2. The normalized spacial score (nSPS) is 11.2. The summed E-state index contributed by atoms with van der Waals surface area (Å²) in [6, 6.07) is 4.60. The summed E-state index contributed by atoms with van der Waals surface area (Å²) in [5.74, 6) is 1.12. The molecule has 2 rings (SSSR count). The van der Waals surface area contributed by atoms with Crippen molar-refractivity contribution in [2.24, 2.45) is 0 Å². The van der Waals surface area contributed by atoms with Crippen LogP contribution in [0, 0.1) is 5.82 Å². The average molecular weight is 257 g/mol. The number of hydrogen-bond acceptors (Lipinski definition) is 2. The Morgan fingerprint density at radius 2 is 2.29 bits per heavy atom. The molecule has 0 aliphatic rings. The van der Waals surface area contributed by atoms with E-state index < -0.39 is 0 Å². The Labute approximate surface area is 104 Å². The predicted molar refractivity (Wildman–Crippen MR) is 66.0 cm³/mol. The molecule has 92 valence electrons. The third kappa shape index (κ3) is 2.58. The van der Waals surface area contributed by atoms with Crippen molar-refractivity contribution in [3.05, 3.63) is 29.8 Å².